The van der Waals surface area contributed by atoms with Crippen LogP contribution >= 0.6 is 11.6 Å². The normalized spacial score (nSPS) is 21.5. The second kappa shape index (κ2) is 9.62. The number of anilines is 1. The number of imide groups is 1. The first-order valence-corrected chi connectivity index (χ1v) is 12.6. The molecule has 0 saturated carbocycles. The molecule has 33 heavy (non-hydrogen) atoms. The quantitative estimate of drug-likeness (QED) is 0.479. The highest BCUT2D eigenvalue weighted by Gasteiger charge is 2.48. The van der Waals surface area contributed by atoms with E-state index in [9.17, 15) is 18.9 Å². The van der Waals surface area contributed by atoms with E-state index in [4.69, 9.17) is 11.6 Å². The summed E-state index contributed by atoms with van der Waals surface area (Å²) in [5.41, 5.74) is 0.248. The van der Waals surface area contributed by atoms with Crippen LogP contribution in [0.4, 0.5) is 10.5 Å². The van der Waals surface area contributed by atoms with Gasteiger partial charge in [-0.15, -0.1) is 0 Å². The summed E-state index contributed by atoms with van der Waals surface area (Å²) in [4.78, 5) is 42.2. The number of urea groups is 1. The summed E-state index contributed by atoms with van der Waals surface area (Å²) in [7, 11) is 0. The molecule has 2 heterocycles. The molecular formula is C23H25ClN4O4S. The molecule has 8 nitrogen and oxygen atoms in total. The average Bonchev–Trinajstić information content (AvgIpc) is 3.11. The SMILES string of the molecule is C[S+]([O-])c1ccc(C2(CCC(=O)N3CCN(c4cccc(Cl)c4)CC3)NC(=O)NC2=O)cc1. The minimum absolute atomic E-state index is 0.0691. The van der Waals surface area contributed by atoms with Crippen LogP contribution in [0, 0.1) is 0 Å². The van der Waals surface area contributed by atoms with E-state index in [1.165, 1.54) is 0 Å². The Labute approximate surface area is 200 Å². The Morgan fingerprint density at radius 3 is 2.39 bits per heavy atom. The lowest BCUT2D eigenvalue weighted by atomic mass is 9.85. The van der Waals surface area contributed by atoms with Crippen LogP contribution in [0.25, 0.3) is 0 Å². The molecule has 4 rings (SSSR count). The Morgan fingerprint density at radius 2 is 1.82 bits per heavy atom. The lowest BCUT2D eigenvalue weighted by molar-refractivity contribution is -0.132. The molecule has 2 aromatic rings. The number of carbonyl (C=O) groups excluding carboxylic acids is 3. The fourth-order valence-corrected chi connectivity index (χ4v) is 4.99. The molecule has 2 N–H and O–H groups in total. The molecule has 0 spiro atoms. The predicted octanol–water partition coefficient (Wildman–Crippen LogP) is 2.24. The summed E-state index contributed by atoms with van der Waals surface area (Å²) in [6.07, 6.45) is 1.80. The van der Waals surface area contributed by atoms with Crippen LogP contribution in [0.1, 0.15) is 18.4 Å². The summed E-state index contributed by atoms with van der Waals surface area (Å²) in [6, 6.07) is 13.7. The lowest BCUT2D eigenvalue weighted by Gasteiger charge is -2.36. The Morgan fingerprint density at radius 1 is 1.12 bits per heavy atom. The molecule has 0 aliphatic carbocycles. The molecule has 2 atom stereocenters. The van der Waals surface area contributed by atoms with Gasteiger partial charge in [-0.2, -0.15) is 0 Å². The first-order valence-electron chi connectivity index (χ1n) is 10.6. The molecule has 2 aromatic carbocycles. The lowest BCUT2D eigenvalue weighted by Crippen LogP contribution is -2.50. The highest BCUT2D eigenvalue weighted by Crippen LogP contribution is 2.31. The number of hydrogen-bond acceptors (Lipinski definition) is 5. The van der Waals surface area contributed by atoms with E-state index < -0.39 is 28.7 Å². The van der Waals surface area contributed by atoms with E-state index in [-0.39, 0.29) is 18.7 Å². The van der Waals surface area contributed by atoms with Crippen molar-refractivity contribution in [3.05, 3.63) is 59.1 Å². The topological polar surface area (TPSA) is 105 Å². The summed E-state index contributed by atoms with van der Waals surface area (Å²) < 4.78 is 11.7. The van der Waals surface area contributed by atoms with Gasteiger partial charge in [-0.3, -0.25) is 14.9 Å². The van der Waals surface area contributed by atoms with Crippen LogP contribution in [-0.2, 0) is 26.3 Å². The van der Waals surface area contributed by atoms with Gasteiger partial charge in [0.15, 0.2) is 4.90 Å². The largest absolute Gasteiger partial charge is 0.612 e. The van der Waals surface area contributed by atoms with Crippen molar-refractivity contribution in [2.75, 3.05) is 37.3 Å². The molecule has 10 heteroatoms. The number of carbonyl (C=O) groups is 3. The van der Waals surface area contributed by atoms with Crippen LogP contribution in [0.3, 0.4) is 0 Å². The van der Waals surface area contributed by atoms with Crippen LogP contribution in [-0.4, -0.2) is 59.7 Å². The molecule has 174 valence electrons. The number of nitrogens with one attached hydrogen (secondary N) is 2. The molecule has 4 amide bonds. The Bertz CT molecular complexity index is 1060. The second-order valence-electron chi connectivity index (χ2n) is 8.14. The number of rotatable bonds is 6. The van der Waals surface area contributed by atoms with Gasteiger partial charge >= 0.3 is 6.03 Å². The zero-order chi connectivity index (χ0) is 23.6. The molecule has 2 aliphatic heterocycles. The van der Waals surface area contributed by atoms with E-state index >= 15 is 0 Å². The maximum atomic E-state index is 13.0. The van der Waals surface area contributed by atoms with Gasteiger partial charge in [0.25, 0.3) is 5.91 Å². The van der Waals surface area contributed by atoms with E-state index in [1.807, 2.05) is 24.3 Å². The smallest absolute Gasteiger partial charge is 0.322 e. The van der Waals surface area contributed by atoms with Crippen molar-refractivity contribution in [3.63, 3.8) is 0 Å². The van der Waals surface area contributed by atoms with Crippen molar-refractivity contribution in [1.29, 1.82) is 0 Å². The van der Waals surface area contributed by atoms with Crippen molar-refractivity contribution >= 4 is 46.3 Å². The van der Waals surface area contributed by atoms with Crippen molar-refractivity contribution in [2.24, 2.45) is 0 Å². The molecule has 0 bridgehead atoms. The van der Waals surface area contributed by atoms with Gasteiger partial charge in [0.2, 0.25) is 5.91 Å². The maximum Gasteiger partial charge on any atom is 0.322 e. The van der Waals surface area contributed by atoms with Gasteiger partial charge in [0.1, 0.15) is 11.8 Å². The minimum atomic E-state index is -1.33. The van der Waals surface area contributed by atoms with Crippen LogP contribution in [0.5, 0.6) is 0 Å². The Kier molecular flexibility index (Phi) is 6.83. The first-order chi connectivity index (χ1) is 15.8. The van der Waals surface area contributed by atoms with Gasteiger partial charge in [-0.1, -0.05) is 29.8 Å². The molecule has 2 unspecified atom stereocenters. The molecule has 2 saturated heterocycles. The number of hydrogen-bond donors (Lipinski definition) is 2. The van der Waals surface area contributed by atoms with E-state index in [2.05, 4.69) is 15.5 Å². The zero-order valence-corrected chi connectivity index (χ0v) is 19.7. The van der Waals surface area contributed by atoms with Gasteiger partial charge in [-0.05, 0) is 53.5 Å². The van der Waals surface area contributed by atoms with Gasteiger partial charge < -0.3 is 19.7 Å². The summed E-state index contributed by atoms with van der Waals surface area (Å²) >= 11 is 4.93. The van der Waals surface area contributed by atoms with Crippen molar-refractivity contribution < 1.29 is 18.9 Å². The molecule has 0 radical (unpaired) electrons. The Hall–Kier alpha value is -2.75. The molecular weight excluding hydrogens is 464 g/mol. The van der Waals surface area contributed by atoms with Crippen molar-refractivity contribution in [2.45, 2.75) is 23.3 Å². The van der Waals surface area contributed by atoms with E-state index in [0.717, 1.165) is 5.69 Å². The molecule has 0 aromatic heterocycles. The van der Waals surface area contributed by atoms with Gasteiger partial charge in [0.05, 0.1) is 0 Å². The van der Waals surface area contributed by atoms with Crippen molar-refractivity contribution in [1.82, 2.24) is 15.5 Å². The standard InChI is InChI=1S/C23H25ClN4O4S/c1-33(32)19-7-5-16(6-8-19)23(21(30)25-22(31)26-23)10-9-20(29)28-13-11-27(12-14-28)18-4-2-3-17(24)15-18/h2-8,15H,9-14H2,1H3,(H2,25,26,30,31). The van der Waals surface area contributed by atoms with Gasteiger partial charge in [-0.25, -0.2) is 4.79 Å². The van der Waals surface area contributed by atoms with Crippen molar-refractivity contribution in [3.8, 4) is 0 Å². The van der Waals surface area contributed by atoms with Crippen LogP contribution in [0.15, 0.2) is 53.4 Å². The third kappa shape index (κ3) is 4.95. The van der Waals surface area contributed by atoms with E-state index in [1.54, 1.807) is 35.4 Å². The summed E-state index contributed by atoms with van der Waals surface area (Å²) in [6.45, 7) is 2.50. The fraction of sp³-hybridized carbons (Fsp3) is 0.348. The van der Waals surface area contributed by atoms with Crippen LogP contribution < -0.4 is 15.5 Å². The summed E-state index contributed by atoms with van der Waals surface area (Å²) in [5.74, 6) is -0.559. The molecule has 2 fully saturated rings. The van der Waals surface area contributed by atoms with E-state index in [0.29, 0.717) is 41.7 Å². The predicted molar refractivity (Wildman–Crippen MR) is 127 cm³/mol. The number of piperazine rings is 1. The van der Waals surface area contributed by atoms with Crippen LogP contribution in [0.2, 0.25) is 5.02 Å². The highest BCUT2D eigenvalue weighted by molar-refractivity contribution is 7.90. The minimum Gasteiger partial charge on any atom is -0.612 e. The highest BCUT2D eigenvalue weighted by atomic mass is 35.5. The second-order valence-corrected chi connectivity index (χ2v) is 9.96. The molecule has 2 aliphatic rings. The maximum absolute atomic E-state index is 13.0. The number of amides is 4. The average molecular weight is 489 g/mol. The van der Waals surface area contributed by atoms with Gasteiger partial charge in [0, 0.05) is 43.3 Å². The third-order valence-electron chi connectivity index (χ3n) is 6.14. The third-order valence-corrected chi connectivity index (χ3v) is 7.31. The number of halogens is 1. The number of nitrogens with zero attached hydrogens (tertiary/aromatic N) is 2. The Balaban J connectivity index is 1.42. The zero-order valence-electron chi connectivity index (χ0n) is 18.2. The number of benzene rings is 2. The summed E-state index contributed by atoms with van der Waals surface area (Å²) in [5, 5.41) is 5.66. The monoisotopic (exact) mass is 488 g/mol. The first kappa shape index (κ1) is 23.4. The fourth-order valence-electron chi connectivity index (χ4n) is 4.29.